The Morgan fingerprint density at radius 2 is 1.86 bits per heavy atom. The molecule has 0 heterocycles. The minimum Gasteiger partial charge on any atom is -0.384 e. The van der Waals surface area contributed by atoms with E-state index in [1.165, 1.54) is 11.6 Å². The summed E-state index contributed by atoms with van der Waals surface area (Å²) in [6.45, 7) is 2.44. The smallest absolute Gasteiger partial charge is 0.138 e. The summed E-state index contributed by atoms with van der Waals surface area (Å²) in [5.41, 5.74) is 3.61. The molecule has 0 bridgehead atoms. The summed E-state index contributed by atoms with van der Waals surface area (Å²) in [4.78, 5) is 2.09. The normalized spacial score (nSPS) is 9.90. The molecule has 0 spiro atoms. The van der Waals surface area contributed by atoms with Gasteiger partial charge in [-0.25, -0.2) is 4.39 Å². The first-order valence-electron chi connectivity index (χ1n) is 6.76. The number of halogens is 1. The van der Waals surface area contributed by atoms with Crippen LogP contribution in [0.4, 0.5) is 10.1 Å². The molecule has 0 saturated heterocycles. The number of benzene rings is 2. The van der Waals surface area contributed by atoms with E-state index < -0.39 is 0 Å². The average molecular weight is 283 g/mol. The number of hydrogen-bond donors (Lipinski definition) is 1. The van der Waals surface area contributed by atoms with Gasteiger partial charge in [-0.1, -0.05) is 35.6 Å². The Morgan fingerprint density at radius 3 is 2.52 bits per heavy atom. The lowest BCUT2D eigenvalue weighted by Gasteiger charge is -2.19. The Bertz CT molecular complexity index is 668. The van der Waals surface area contributed by atoms with Gasteiger partial charge in [0.2, 0.25) is 0 Å². The monoisotopic (exact) mass is 283 g/mol. The summed E-state index contributed by atoms with van der Waals surface area (Å²) in [5, 5.41) is 8.70. The minimum absolute atomic E-state index is 0.271. The molecule has 3 heteroatoms. The van der Waals surface area contributed by atoms with Crippen molar-refractivity contribution in [2.24, 2.45) is 0 Å². The van der Waals surface area contributed by atoms with E-state index >= 15 is 0 Å². The Kier molecular flexibility index (Phi) is 4.97. The lowest BCUT2D eigenvalue weighted by atomic mass is 10.1. The molecule has 2 rings (SSSR count). The van der Waals surface area contributed by atoms with Gasteiger partial charge in [0.15, 0.2) is 0 Å². The van der Waals surface area contributed by atoms with Crippen LogP contribution in [0.1, 0.15) is 16.7 Å². The molecule has 1 N–H and O–H groups in total. The molecule has 0 unspecified atom stereocenters. The van der Waals surface area contributed by atoms with Crippen LogP contribution in [-0.2, 0) is 6.54 Å². The molecule has 0 saturated carbocycles. The second kappa shape index (κ2) is 6.92. The average Bonchev–Trinajstić information content (AvgIpc) is 2.48. The zero-order valence-electron chi connectivity index (χ0n) is 12.2. The predicted molar refractivity (Wildman–Crippen MR) is 83.6 cm³/mol. The van der Waals surface area contributed by atoms with Crippen LogP contribution >= 0.6 is 0 Å². The van der Waals surface area contributed by atoms with Gasteiger partial charge in [-0.15, -0.1) is 0 Å². The molecule has 2 aromatic rings. The molecule has 0 aromatic heterocycles. The zero-order chi connectivity index (χ0) is 15.2. The number of nitrogens with zero attached hydrogens (tertiary/aromatic N) is 1. The third-order valence-corrected chi connectivity index (χ3v) is 3.23. The maximum absolute atomic E-state index is 13.6. The molecule has 0 aliphatic heterocycles. The van der Waals surface area contributed by atoms with Gasteiger partial charge in [-0.3, -0.25) is 0 Å². The van der Waals surface area contributed by atoms with Gasteiger partial charge in [0, 0.05) is 19.3 Å². The Morgan fingerprint density at radius 1 is 1.14 bits per heavy atom. The predicted octanol–water partition coefficient (Wildman–Crippen LogP) is 3.11. The van der Waals surface area contributed by atoms with Crippen molar-refractivity contribution in [1.29, 1.82) is 0 Å². The van der Waals surface area contributed by atoms with Crippen LogP contribution in [-0.4, -0.2) is 18.8 Å². The van der Waals surface area contributed by atoms with Crippen LogP contribution in [0, 0.1) is 24.6 Å². The summed E-state index contributed by atoms with van der Waals surface area (Å²) in [6.07, 6.45) is 0. The first-order valence-corrected chi connectivity index (χ1v) is 6.76. The van der Waals surface area contributed by atoms with Crippen LogP contribution in [0.15, 0.2) is 42.5 Å². The van der Waals surface area contributed by atoms with Gasteiger partial charge in [0.25, 0.3) is 0 Å². The van der Waals surface area contributed by atoms with Crippen molar-refractivity contribution in [1.82, 2.24) is 0 Å². The van der Waals surface area contributed by atoms with Gasteiger partial charge in [0.05, 0.1) is 5.56 Å². The highest BCUT2D eigenvalue weighted by atomic mass is 19.1. The van der Waals surface area contributed by atoms with Crippen LogP contribution in [0.25, 0.3) is 0 Å². The maximum atomic E-state index is 13.6. The van der Waals surface area contributed by atoms with E-state index in [9.17, 15) is 4.39 Å². The van der Waals surface area contributed by atoms with E-state index in [1.807, 2.05) is 7.05 Å². The first kappa shape index (κ1) is 15.1. The van der Waals surface area contributed by atoms with Crippen molar-refractivity contribution in [3.8, 4) is 11.8 Å². The fraction of sp³-hybridized carbons (Fsp3) is 0.222. The van der Waals surface area contributed by atoms with E-state index in [1.54, 1.807) is 12.1 Å². The molecule has 0 radical (unpaired) electrons. The SMILES string of the molecule is Cc1ccc(N(C)Cc2ccc(F)c(C#CCO)c2)cc1. The second-order valence-electron chi connectivity index (χ2n) is 4.97. The molecule has 2 aromatic carbocycles. The minimum atomic E-state index is -0.363. The zero-order valence-corrected chi connectivity index (χ0v) is 12.2. The summed E-state index contributed by atoms with van der Waals surface area (Å²) in [7, 11) is 1.99. The summed E-state index contributed by atoms with van der Waals surface area (Å²) in [5.74, 6) is 4.74. The molecular formula is C18H18FNO. The van der Waals surface area contributed by atoms with Crippen LogP contribution in [0.3, 0.4) is 0 Å². The first-order chi connectivity index (χ1) is 10.1. The maximum Gasteiger partial charge on any atom is 0.138 e. The molecule has 2 nitrogen and oxygen atoms in total. The van der Waals surface area contributed by atoms with Crippen molar-refractivity contribution < 1.29 is 9.50 Å². The standard InChI is InChI=1S/C18H18FNO/c1-14-5-8-17(9-6-14)20(2)13-15-7-10-18(19)16(12-15)4-3-11-21/h5-10,12,21H,11,13H2,1-2H3. The number of aliphatic hydroxyl groups is 1. The van der Waals surface area contributed by atoms with E-state index in [0.29, 0.717) is 12.1 Å². The molecule has 0 amide bonds. The number of anilines is 1. The van der Waals surface area contributed by atoms with Crippen molar-refractivity contribution in [2.75, 3.05) is 18.6 Å². The van der Waals surface area contributed by atoms with Crippen LogP contribution < -0.4 is 4.90 Å². The fourth-order valence-corrected chi connectivity index (χ4v) is 2.07. The third-order valence-electron chi connectivity index (χ3n) is 3.23. The second-order valence-corrected chi connectivity index (χ2v) is 4.97. The number of rotatable bonds is 3. The molecular weight excluding hydrogens is 265 g/mol. The van der Waals surface area contributed by atoms with Gasteiger partial charge >= 0.3 is 0 Å². The highest BCUT2D eigenvalue weighted by Crippen LogP contribution is 2.17. The molecule has 0 fully saturated rings. The number of hydrogen-bond acceptors (Lipinski definition) is 2. The Hall–Kier alpha value is -2.31. The molecule has 0 aliphatic rings. The van der Waals surface area contributed by atoms with Crippen LogP contribution in [0.5, 0.6) is 0 Å². The highest BCUT2D eigenvalue weighted by Gasteiger charge is 2.05. The van der Waals surface area contributed by atoms with Gasteiger partial charge < -0.3 is 10.0 Å². The molecule has 21 heavy (non-hydrogen) atoms. The van der Waals surface area contributed by atoms with Crippen molar-refractivity contribution >= 4 is 5.69 Å². The van der Waals surface area contributed by atoms with Gasteiger partial charge in [-0.2, -0.15) is 0 Å². The van der Waals surface area contributed by atoms with Crippen LogP contribution in [0.2, 0.25) is 0 Å². The van der Waals surface area contributed by atoms with Gasteiger partial charge in [-0.05, 0) is 36.8 Å². The number of aliphatic hydroxyl groups excluding tert-OH is 1. The lowest BCUT2D eigenvalue weighted by molar-refractivity contribution is 0.350. The van der Waals surface area contributed by atoms with E-state index in [2.05, 4.69) is 47.9 Å². The quantitative estimate of drug-likeness (QED) is 0.875. The molecule has 108 valence electrons. The number of aryl methyl sites for hydroxylation is 1. The highest BCUT2D eigenvalue weighted by molar-refractivity contribution is 5.48. The van der Waals surface area contributed by atoms with Gasteiger partial charge in [0.1, 0.15) is 12.4 Å². The largest absolute Gasteiger partial charge is 0.384 e. The van der Waals surface area contributed by atoms with E-state index in [4.69, 9.17) is 5.11 Å². The van der Waals surface area contributed by atoms with E-state index in [-0.39, 0.29) is 12.4 Å². The summed E-state index contributed by atoms with van der Waals surface area (Å²) >= 11 is 0. The third kappa shape index (κ3) is 4.08. The summed E-state index contributed by atoms with van der Waals surface area (Å²) < 4.78 is 13.6. The fourth-order valence-electron chi connectivity index (χ4n) is 2.07. The molecule has 0 atom stereocenters. The topological polar surface area (TPSA) is 23.5 Å². The Labute approximate surface area is 124 Å². The van der Waals surface area contributed by atoms with E-state index in [0.717, 1.165) is 11.3 Å². The van der Waals surface area contributed by atoms with Crippen molar-refractivity contribution in [2.45, 2.75) is 13.5 Å². The summed E-state index contributed by atoms with van der Waals surface area (Å²) in [6, 6.07) is 13.1. The lowest BCUT2D eigenvalue weighted by Crippen LogP contribution is -2.16. The van der Waals surface area contributed by atoms with Crippen molar-refractivity contribution in [3.63, 3.8) is 0 Å². The Balaban J connectivity index is 2.17. The molecule has 0 aliphatic carbocycles. The van der Waals surface area contributed by atoms with Crippen molar-refractivity contribution in [3.05, 3.63) is 65.0 Å².